The minimum Gasteiger partial charge on any atom is -0.486 e. The van der Waals surface area contributed by atoms with E-state index < -0.39 is 0 Å². The molecule has 0 radical (unpaired) electrons. The molecule has 3 aromatic rings. The zero-order valence-electron chi connectivity index (χ0n) is 12.5. The van der Waals surface area contributed by atoms with E-state index in [1.54, 1.807) is 6.07 Å². The highest BCUT2D eigenvalue weighted by atomic mass is 32.1. The van der Waals surface area contributed by atoms with Crippen molar-refractivity contribution in [2.45, 2.75) is 0 Å². The minimum atomic E-state index is 0.242. The number of rotatable bonds is 3. The number of hydrogen-bond acceptors (Lipinski definition) is 7. The first kappa shape index (κ1) is 14.5. The van der Waals surface area contributed by atoms with Gasteiger partial charge in [-0.2, -0.15) is 10.4 Å². The van der Waals surface area contributed by atoms with Gasteiger partial charge in [0, 0.05) is 6.07 Å². The Morgan fingerprint density at radius 3 is 2.83 bits per heavy atom. The lowest BCUT2D eigenvalue weighted by molar-refractivity contribution is 0.171. The van der Waals surface area contributed by atoms with Crippen LogP contribution in [0.1, 0.15) is 5.01 Å². The van der Waals surface area contributed by atoms with Gasteiger partial charge in [0.15, 0.2) is 22.2 Å². The predicted molar refractivity (Wildman–Crippen MR) is 92.8 cm³/mol. The number of para-hydroxylation sites is 1. The molecule has 118 valence electrons. The summed E-state index contributed by atoms with van der Waals surface area (Å²) in [6.07, 6.45) is 0. The summed E-state index contributed by atoms with van der Waals surface area (Å²) >= 11 is 1.44. The number of nitrogens with zero attached hydrogens (tertiary/aromatic N) is 3. The van der Waals surface area contributed by atoms with Crippen LogP contribution in [0.2, 0.25) is 0 Å². The minimum absolute atomic E-state index is 0.242. The van der Waals surface area contributed by atoms with Gasteiger partial charge in [-0.3, -0.25) is 5.43 Å². The number of hydrogen-bond donors (Lipinski definition) is 1. The van der Waals surface area contributed by atoms with Crippen LogP contribution in [0.4, 0.5) is 5.69 Å². The third-order valence-electron chi connectivity index (χ3n) is 3.44. The van der Waals surface area contributed by atoms with Crippen molar-refractivity contribution < 1.29 is 9.47 Å². The second kappa shape index (κ2) is 6.18. The van der Waals surface area contributed by atoms with Crippen molar-refractivity contribution >= 4 is 33.0 Å². The number of fused-ring (bicyclic) bond motifs is 2. The van der Waals surface area contributed by atoms with Crippen LogP contribution in [0.15, 0.2) is 47.6 Å². The van der Waals surface area contributed by atoms with Crippen molar-refractivity contribution in [3.8, 4) is 17.6 Å². The zero-order chi connectivity index (χ0) is 16.4. The highest BCUT2D eigenvalue weighted by Crippen LogP contribution is 2.32. The Hall–Kier alpha value is -3.11. The molecule has 24 heavy (non-hydrogen) atoms. The topological polar surface area (TPSA) is 79.5 Å². The van der Waals surface area contributed by atoms with Gasteiger partial charge in [-0.05, 0) is 24.3 Å². The summed E-state index contributed by atoms with van der Waals surface area (Å²) in [7, 11) is 0. The Morgan fingerprint density at radius 2 is 2.00 bits per heavy atom. The molecule has 0 unspecified atom stereocenters. The number of hydrazone groups is 1. The van der Waals surface area contributed by atoms with Crippen LogP contribution < -0.4 is 14.9 Å². The molecule has 0 spiro atoms. The summed E-state index contributed by atoms with van der Waals surface area (Å²) in [4.78, 5) is 4.45. The number of ether oxygens (including phenoxy) is 2. The number of benzene rings is 2. The van der Waals surface area contributed by atoms with E-state index in [0.717, 1.165) is 10.2 Å². The first-order valence-electron chi connectivity index (χ1n) is 7.33. The summed E-state index contributed by atoms with van der Waals surface area (Å²) in [6, 6.07) is 15.3. The van der Waals surface area contributed by atoms with Crippen molar-refractivity contribution in [1.29, 1.82) is 5.26 Å². The van der Waals surface area contributed by atoms with Crippen LogP contribution in [-0.2, 0) is 0 Å². The Morgan fingerprint density at radius 1 is 1.17 bits per heavy atom. The quantitative estimate of drug-likeness (QED) is 0.586. The van der Waals surface area contributed by atoms with Crippen molar-refractivity contribution in [3.05, 3.63) is 47.5 Å². The van der Waals surface area contributed by atoms with Crippen molar-refractivity contribution in [2.24, 2.45) is 5.10 Å². The van der Waals surface area contributed by atoms with E-state index in [2.05, 4.69) is 21.6 Å². The van der Waals surface area contributed by atoms with E-state index in [4.69, 9.17) is 9.47 Å². The van der Waals surface area contributed by atoms with E-state index >= 15 is 0 Å². The lowest BCUT2D eigenvalue weighted by atomic mass is 10.2. The maximum absolute atomic E-state index is 9.38. The first-order chi connectivity index (χ1) is 11.8. The van der Waals surface area contributed by atoms with E-state index in [1.807, 2.05) is 36.4 Å². The van der Waals surface area contributed by atoms with E-state index in [1.165, 1.54) is 11.3 Å². The van der Waals surface area contributed by atoms with Crippen LogP contribution in [-0.4, -0.2) is 23.9 Å². The summed E-state index contributed by atoms with van der Waals surface area (Å²) in [5, 5.41) is 14.1. The number of thiazole rings is 1. The Kier molecular flexibility index (Phi) is 3.73. The second-order valence-electron chi connectivity index (χ2n) is 5.03. The summed E-state index contributed by atoms with van der Waals surface area (Å²) < 4.78 is 12.0. The molecule has 1 aliphatic heterocycles. The third-order valence-corrected chi connectivity index (χ3v) is 4.48. The number of nitriles is 1. The average Bonchev–Trinajstić information content (AvgIpc) is 3.06. The predicted octanol–water partition coefficient (Wildman–Crippen LogP) is 3.41. The summed E-state index contributed by atoms with van der Waals surface area (Å²) in [5.74, 6) is 1.38. The third kappa shape index (κ3) is 2.75. The van der Waals surface area contributed by atoms with E-state index in [0.29, 0.717) is 35.4 Å². The maximum atomic E-state index is 9.38. The largest absolute Gasteiger partial charge is 0.486 e. The monoisotopic (exact) mass is 336 g/mol. The van der Waals surface area contributed by atoms with Crippen LogP contribution in [0.5, 0.6) is 11.5 Å². The van der Waals surface area contributed by atoms with Gasteiger partial charge in [-0.25, -0.2) is 4.98 Å². The van der Waals surface area contributed by atoms with Crippen LogP contribution in [0.3, 0.4) is 0 Å². The smallest absolute Gasteiger partial charge is 0.196 e. The summed E-state index contributed by atoms with van der Waals surface area (Å²) in [5.41, 5.74) is 4.70. The number of nitrogens with one attached hydrogen (secondary N) is 1. The fourth-order valence-electron chi connectivity index (χ4n) is 2.33. The zero-order valence-corrected chi connectivity index (χ0v) is 13.3. The standard InChI is InChI=1S/C17H12N4O2S/c18-10-13(17-19-12-3-1-2-4-16(12)24-17)21-20-11-5-6-14-15(9-11)23-8-7-22-14/h1-6,9,20H,7-8H2. The van der Waals surface area contributed by atoms with Gasteiger partial charge in [-0.15, -0.1) is 11.3 Å². The van der Waals surface area contributed by atoms with Crippen LogP contribution in [0.25, 0.3) is 10.2 Å². The molecule has 6 nitrogen and oxygen atoms in total. The molecular formula is C17H12N4O2S. The molecule has 0 aliphatic carbocycles. The van der Waals surface area contributed by atoms with Crippen molar-refractivity contribution in [1.82, 2.24) is 4.98 Å². The van der Waals surface area contributed by atoms with Gasteiger partial charge in [0.1, 0.15) is 19.3 Å². The Balaban J connectivity index is 1.60. The molecule has 0 atom stereocenters. The Labute approximate surface area is 142 Å². The average molecular weight is 336 g/mol. The first-order valence-corrected chi connectivity index (χ1v) is 8.14. The van der Waals surface area contributed by atoms with E-state index in [-0.39, 0.29) is 5.71 Å². The van der Waals surface area contributed by atoms with E-state index in [9.17, 15) is 5.26 Å². The van der Waals surface area contributed by atoms with Crippen LogP contribution in [0, 0.1) is 11.3 Å². The summed E-state index contributed by atoms with van der Waals surface area (Å²) in [6.45, 7) is 1.07. The van der Waals surface area contributed by atoms with Gasteiger partial charge in [-0.1, -0.05) is 12.1 Å². The molecular weight excluding hydrogens is 324 g/mol. The number of anilines is 1. The SMILES string of the molecule is N#CC(=NNc1ccc2c(c1)OCCO2)c1nc2ccccc2s1. The van der Waals surface area contributed by atoms with Crippen molar-refractivity contribution in [2.75, 3.05) is 18.6 Å². The van der Waals surface area contributed by atoms with Gasteiger partial charge < -0.3 is 9.47 Å². The molecule has 1 aliphatic rings. The van der Waals surface area contributed by atoms with Gasteiger partial charge >= 0.3 is 0 Å². The maximum Gasteiger partial charge on any atom is 0.196 e. The molecule has 0 amide bonds. The molecule has 0 fully saturated rings. The molecule has 7 heteroatoms. The fraction of sp³-hybridized carbons (Fsp3) is 0.118. The molecule has 2 aromatic carbocycles. The second-order valence-corrected chi connectivity index (χ2v) is 6.06. The van der Waals surface area contributed by atoms with Gasteiger partial charge in [0.2, 0.25) is 0 Å². The highest BCUT2D eigenvalue weighted by Gasteiger charge is 2.13. The van der Waals surface area contributed by atoms with Gasteiger partial charge in [0.05, 0.1) is 15.9 Å². The molecule has 4 rings (SSSR count). The number of aromatic nitrogens is 1. The normalized spacial score (nSPS) is 13.5. The van der Waals surface area contributed by atoms with Gasteiger partial charge in [0.25, 0.3) is 0 Å². The fourth-order valence-corrected chi connectivity index (χ4v) is 3.23. The molecule has 2 heterocycles. The van der Waals surface area contributed by atoms with Crippen molar-refractivity contribution in [3.63, 3.8) is 0 Å². The Bertz CT molecular complexity index is 941. The molecule has 1 aromatic heterocycles. The highest BCUT2D eigenvalue weighted by molar-refractivity contribution is 7.20. The molecule has 0 bridgehead atoms. The molecule has 0 saturated heterocycles. The lowest BCUT2D eigenvalue weighted by Crippen LogP contribution is -2.15. The molecule has 0 saturated carbocycles. The molecule has 1 N–H and O–H groups in total. The lowest BCUT2D eigenvalue weighted by Gasteiger charge is -2.18. The van der Waals surface area contributed by atoms with Crippen LogP contribution >= 0.6 is 11.3 Å².